The molecule has 7 heteroatoms. The number of carbonyl (C=O) groups is 1. The molecule has 2 heterocycles. The fourth-order valence-electron chi connectivity index (χ4n) is 3.03. The Morgan fingerprint density at radius 3 is 2.72 bits per heavy atom. The minimum Gasteiger partial charge on any atom is -0.476 e. The van der Waals surface area contributed by atoms with Crippen LogP contribution in [-0.2, 0) is 6.42 Å². The van der Waals surface area contributed by atoms with Gasteiger partial charge in [-0.05, 0) is 35.9 Å². The van der Waals surface area contributed by atoms with Gasteiger partial charge in [0.05, 0.1) is 18.5 Å². The first-order valence-corrected chi connectivity index (χ1v) is 9.56. The summed E-state index contributed by atoms with van der Waals surface area (Å²) in [5.74, 6) is 0.393. The van der Waals surface area contributed by atoms with Gasteiger partial charge in [0.2, 0.25) is 5.88 Å². The molecule has 0 aliphatic rings. The lowest BCUT2D eigenvalue weighted by molar-refractivity contribution is 0.0963. The number of rotatable bonds is 6. The van der Waals surface area contributed by atoms with Gasteiger partial charge >= 0.3 is 0 Å². The van der Waals surface area contributed by atoms with E-state index in [2.05, 4.69) is 15.4 Å². The van der Waals surface area contributed by atoms with Crippen LogP contribution in [0.5, 0.6) is 5.88 Å². The minimum absolute atomic E-state index is 0.122. The Hall–Kier alpha value is -3.38. The van der Waals surface area contributed by atoms with Gasteiger partial charge in [-0.2, -0.15) is 0 Å². The highest BCUT2D eigenvalue weighted by Gasteiger charge is 2.10. The monoisotopic (exact) mass is 406 g/mol. The van der Waals surface area contributed by atoms with Crippen molar-refractivity contribution in [3.63, 3.8) is 0 Å². The van der Waals surface area contributed by atoms with Gasteiger partial charge < -0.3 is 10.1 Å². The van der Waals surface area contributed by atoms with Crippen LogP contribution < -0.4 is 10.1 Å². The third-order valence-corrected chi connectivity index (χ3v) is 4.77. The molecular formula is C22H19ClN4O2. The zero-order chi connectivity index (χ0) is 20.2. The second-order valence-corrected chi connectivity index (χ2v) is 6.91. The Morgan fingerprint density at radius 2 is 1.97 bits per heavy atom. The maximum absolute atomic E-state index is 11.7. The number of carbonyl (C=O) groups excluding carboxylic acids is 1. The van der Waals surface area contributed by atoms with E-state index in [9.17, 15) is 4.79 Å². The van der Waals surface area contributed by atoms with Crippen molar-refractivity contribution in [2.45, 2.75) is 6.42 Å². The predicted molar refractivity (Wildman–Crippen MR) is 112 cm³/mol. The van der Waals surface area contributed by atoms with Crippen molar-refractivity contribution in [3.05, 3.63) is 83.0 Å². The van der Waals surface area contributed by atoms with Crippen LogP contribution >= 0.6 is 11.6 Å². The topological polar surface area (TPSA) is 68.5 Å². The largest absolute Gasteiger partial charge is 0.476 e. The van der Waals surface area contributed by atoms with Crippen molar-refractivity contribution in [3.8, 4) is 17.1 Å². The standard InChI is InChI=1S/C22H19ClN4O2/c1-24-22(28)17-7-5-16(6-8-17)19-14-25-20-9-10-21(26-27(19)20)29-12-11-15-3-2-4-18(23)13-15/h2-10,13-14H,11-12H2,1H3,(H,24,28). The molecule has 29 heavy (non-hydrogen) atoms. The molecule has 146 valence electrons. The van der Waals surface area contributed by atoms with Gasteiger partial charge in [-0.3, -0.25) is 4.79 Å². The highest BCUT2D eigenvalue weighted by molar-refractivity contribution is 6.30. The van der Waals surface area contributed by atoms with Crippen molar-refractivity contribution in [1.29, 1.82) is 0 Å². The molecule has 4 rings (SSSR count). The normalized spacial score (nSPS) is 10.8. The number of nitrogens with zero attached hydrogens (tertiary/aromatic N) is 3. The molecule has 0 fully saturated rings. The summed E-state index contributed by atoms with van der Waals surface area (Å²) in [6.07, 6.45) is 2.49. The lowest BCUT2D eigenvalue weighted by Gasteiger charge is -2.07. The van der Waals surface area contributed by atoms with Crippen molar-refractivity contribution < 1.29 is 9.53 Å². The number of hydrogen-bond donors (Lipinski definition) is 1. The summed E-state index contributed by atoms with van der Waals surface area (Å²) in [6.45, 7) is 0.490. The summed E-state index contributed by atoms with van der Waals surface area (Å²) in [5, 5.41) is 7.89. The molecule has 0 saturated heterocycles. The molecule has 0 unspecified atom stereocenters. The molecule has 4 aromatic rings. The Balaban J connectivity index is 1.52. The average molecular weight is 407 g/mol. The lowest BCUT2D eigenvalue weighted by atomic mass is 10.1. The quantitative estimate of drug-likeness (QED) is 0.525. The van der Waals surface area contributed by atoms with Gasteiger partial charge in [-0.1, -0.05) is 35.9 Å². The molecule has 0 atom stereocenters. The van der Waals surface area contributed by atoms with Crippen LogP contribution in [0.2, 0.25) is 5.02 Å². The van der Waals surface area contributed by atoms with E-state index in [1.54, 1.807) is 36.0 Å². The van der Waals surface area contributed by atoms with Gasteiger partial charge in [-0.15, -0.1) is 5.10 Å². The van der Waals surface area contributed by atoms with Crippen LogP contribution in [0.1, 0.15) is 15.9 Å². The van der Waals surface area contributed by atoms with Crippen molar-refractivity contribution >= 4 is 23.2 Å². The summed E-state index contributed by atoms with van der Waals surface area (Å²) < 4.78 is 7.57. The number of halogens is 1. The zero-order valence-corrected chi connectivity index (χ0v) is 16.6. The summed E-state index contributed by atoms with van der Waals surface area (Å²) >= 11 is 6.02. The van der Waals surface area contributed by atoms with Crippen LogP contribution in [0.25, 0.3) is 16.9 Å². The van der Waals surface area contributed by atoms with E-state index in [1.165, 1.54) is 0 Å². The number of hydrogen-bond acceptors (Lipinski definition) is 4. The molecule has 1 amide bonds. The first kappa shape index (κ1) is 19.0. The molecule has 2 aromatic heterocycles. The number of nitrogens with one attached hydrogen (secondary N) is 1. The van der Waals surface area contributed by atoms with Crippen molar-refractivity contribution in [2.24, 2.45) is 0 Å². The van der Waals surface area contributed by atoms with E-state index >= 15 is 0 Å². The third kappa shape index (κ3) is 4.22. The second-order valence-electron chi connectivity index (χ2n) is 6.47. The molecule has 6 nitrogen and oxygen atoms in total. The zero-order valence-electron chi connectivity index (χ0n) is 15.8. The highest BCUT2D eigenvalue weighted by atomic mass is 35.5. The summed E-state index contributed by atoms with van der Waals surface area (Å²) in [4.78, 5) is 16.1. The highest BCUT2D eigenvalue weighted by Crippen LogP contribution is 2.22. The van der Waals surface area contributed by atoms with Gasteiger partial charge in [0.1, 0.15) is 0 Å². The van der Waals surface area contributed by atoms with Crippen LogP contribution in [0.3, 0.4) is 0 Å². The minimum atomic E-state index is -0.122. The van der Waals surface area contributed by atoms with Crippen LogP contribution in [0.4, 0.5) is 0 Å². The third-order valence-electron chi connectivity index (χ3n) is 4.54. The summed E-state index contributed by atoms with van der Waals surface area (Å²) in [5.41, 5.74) is 4.16. The van der Waals surface area contributed by atoms with E-state index in [-0.39, 0.29) is 5.91 Å². The second kappa shape index (κ2) is 8.32. The van der Waals surface area contributed by atoms with Gasteiger partial charge in [0.25, 0.3) is 5.91 Å². The van der Waals surface area contributed by atoms with E-state index in [0.29, 0.717) is 23.1 Å². The van der Waals surface area contributed by atoms with Gasteiger partial charge in [-0.25, -0.2) is 9.50 Å². The van der Waals surface area contributed by atoms with E-state index in [1.807, 2.05) is 42.5 Å². The first-order valence-electron chi connectivity index (χ1n) is 9.18. The number of benzene rings is 2. The maximum Gasteiger partial charge on any atom is 0.251 e. The Kier molecular flexibility index (Phi) is 5.44. The molecule has 0 radical (unpaired) electrons. The van der Waals surface area contributed by atoms with E-state index < -0.39 is 0 Å². The van der Waals surface area contributed by atoms with E-state index in [0.717, 1.165) is 28.9 Å². The first-order chi connectivity index (χ1) is 14.1. The van der Waals surface area contributed by atoms with Gasteiger partial charge in [0.15, 0.2) is 5.65 Å². The molecule has 0 bridgehead atoms. The van der Waals surface area contributed by atoms with Crippen LogP contribution in [0.15, 0.2) is 66.9 Å². The molecule has 0 aliphatic carbocycles. The molecule has 0 spiro atoms. The summed E-state index contributed by atoms with van der Waals surface area (Å²) in [7, 11) is 1.61. The number of fused-ring (bicyclic) bond motifs is 1. The van der Waals surface area contributed by atoms with Crippen molar-refractivity contribution in [1.82, 2.24) is 19.9 Å². The fourth-order valence-corrected chi connectivity index (χ4v) is 3.25. The molecular weight excluding hydrogens is 388 g/mol. The Bertz CT molecular complexity index is 1160. The Labute approximate surface area is 173 Å². The molecule has 0 saturated carbocycles. The number of imidazole rings is 1. The lowest BCUT2D eigenvalue weighted by Crippen LogP contribution is -2.17. The SMILES string of the molecule is CNC(=O)c1ccc(-c2cnc3ccc(OCCc4cccc(Cl)c4)nn23)cc1. The van der Waals surface area contributed by atoms with Crippen molar-refractivity contribution in [2.75, 3.05) is 13.7 Å². The smallest absolute Gasteiger partial charge is 0.251 e. The Morgan fingerprint density at radius 1 is 1.14 bits per heavy atom. The fraction of sp³-hybridized carbons (Fsp3) is 0.136. The number of ether oxygens (including phenoxy) is 1. The molecule has 2 aromatic carbocycles. The molecule has 1 N–H and O–H groups in total. The maximum atomic E-state index is 11.7. The van der Waals surface area contributed by atoms with Gasteiger partial charge in [0, 0.05) is 35.7 Å². The number of amides is 1. The average Bonchev–Trinajstić information content (AvgIpc) is 3.17. The van der Waals surface area contributed by atoms with E-state index in [4.69, 9.17) is 16.3 Å². The summed E-state index contributed by atoms with van der Waals surface area (Å²) in [6, 6.07) is 18.7. The predicted octanol–water partition coefficient (Wildman–Crippen LogP) is 4.03. The number of aromatic nitrogens is 3. The van der Waals surface area contributed by atoms with Crippen LogP contribution in [0, 0.1) is 0 Å². The molecule has 0 aliphatic heterocycles. The van der Waals surface area contributed by atoms with Crippen LogP contribution in [-0.4, -0.2) is 34.2 Å².